The van der Waals surface area contributed by atoms with Crippen molar-refractivity contribution in [3.05, 3.63) is 104 Å². The van der Waals surface area contributed by atoms with Crippen LogP contribution in [-0.2, 0) is 0 Å². The lowest BCUT2D eigenvalue weighted by Gasteiger charge is -2.25. The Morgan fingerprint density at radius 2 is 1.84 bits per heavy atom. The molecule has 32 heavy (non-hydrogen) atoms. The number of hydrogen-bond acceptors (Lipinski definition) is 4. The summed E-state index contributed by atoms with van der Waals surface area (Å²) in [4.78, 5) is 28.5. The van der Waals surface area contributed by atoms with Gasteiger partial charge in [-0.05, 0) is 67.1 Å². The van der Waals surface area contributed by atoms with E-state index in [4.69, 9.17) is 9.15 Å². The van der Waals surface area contributed by atoms with Crippen molar-refractivity contribution in [3.8, 4) is 5.75 Å². The van der Waals surface area contributed by atoms with Gasteiger partial charge in [-0.25, -0.2) is 4.39 Å². The Kier molecular flexibility index (Phi) is 5.06. The van der Waals surface area contributed by atoms with E-state index in [0.717, 1.165) is 16.1 Å². The van der Waals surface area contributed by atoms with Gasteiger partial charge in [0.2, 0.25) is 5.76 Å². The van der Waals surface area contributed by atoms with E-state index in [0.29, 0.717) is 18.0 Å². The van der Waals surface area contributed by atoms with Gasteiger partial charge >= 0.3 is 0 Å². The lowest BCUT2D eigenvalue weighted by atomic mass is 9.98. The first-order valence-corrected chi connectivity index (χ1v) is 10.9. The Labute approximate surface area is 191 Å². The summed E-state index contributed by atoms with van der Waals surface area (Å²) >= 11 is 3.46. The highest BCUT2D eigenvalue weighted by molar-refractivity contribution is 9.10. The fraction of sp³-hybridized carbons (Fsp3) is 0.120. The van der Waals surface area contributed by atoms with Gasteiger partial charge in [0.25, 0.3) is 5.91 Å². The van der Waals surface area contributed by atoms with E-state index in [2.05, 4.69) is 15.9 Å². The fourth-order valence-corrected chi connectivity index (χ4v) is 4.49. The van der Waals surface area contributed by atoms with E-state index in [1.807, 2.05) is 31.2 Å². The molecule has 1 unspecified atom stereocenters. The molecule has 0 saturated carbocycles. The van der Waals surface area contributed by atoms with E-state index in [1.54, 1.807) is 24.3 Å². The lowest BCUT2D eigenvalue weighted by molar-refractivity contribution is 0.0971. The van der Waals surface area contributed by atoms with E-state index < -0.39 is 23.2 Å². The molecule has 4 aromatic rings. The zero-order valence-electron chi connectivity index (χ0n) is 17.0. The zero-order chi connectivity index (χ0) is 22.4. The highest BCUT2D eigenvalue weighted by Crippen LogP contribution is 2.42. The van der Waals surface area contributed by atoms with Gasteiger partial charge in [0.15, 0.2) is 5.43 Å². The van der Waals surface area contributed by atoms with Crippen LogP contribution < -0.4 is 15.1 Å². The highest BCUT2D eigenvalue weighted by atomic mass is 79.9. The average molecular weight is 494 g/mol. The third-order valence-electron chi connectivity index (χ3n) is 5.42. The minimum atomic E-state index is -0.725. The number of hydrogen-bond donors (Lipinski definition) is 0. The van der Waals surface area contributed by atoms with Crippen LogP contribution in [0.5, 0.6) is 5.75 Å². The van der Waals surface area contributed by atoms with Crippen LogP contribution in [0.2, 0.25) is 0 Å². The van der Waals surface area contributed by atoms with Gasteiger partial charge in [-0.15, -0.1) is 0 Å². The molecule has 1 aromatic heterocycles. The summed E-state index contributed by atoms with van der Waals surface area (Å²) < 4.78 is 26.1. The van der Waals surface area contributed by atoms with Crippen LogP contribution >= 0.6 is 15.9 Å². The van der Waals surface area contributed by atoms with Crippen molar-refractivity contribution in [2.75, 3.05) is 11.5 Å². The zero-order valence-corrected chi connectivity index (χ0v) is 18.6. The maximum Gasteiger partial charge on any atom is 0.295 e. The standard InChI is InChI=1S/C25H17BrFNO4/c1-2-31-18-9-7-17(8-10-18)28-22(14-4-3-5-15(26)12-14)21-23(29)19-13-16(27)6-11-20(19)32-24(21)25(28)30/h3-13,22H,2H2,1H3. The monoisotopic (exact) mass is 493 g/mol. The Balaban J connectivity index is 1.76. The van der Waals surface area contributed by atoms with Gasteiger partial charge in [0.1, 0.15) is 17.1 Å². The van der Waals surface area contributed by atoms with Crippen molar-refractivity contribution >= 4 is 38.5 Å². The summed E-state index contributed by atoms with van der Waals surface area (Å²) in [7, 11) is 0. The molecule has 5 nitrogen and oxygen atoms in total. The minimum Gasteiger partial charge on any atom is -0.494 e. The van der Waals surface area contributed by atoms with Crippen LogP contribution in [-0.4, -0.2) is 12.5 Å². The smallest absolute Gasteiger partial charge is 0.295 e. The predicted molar refractivity (Wildman–Crippen MR) is 123 cm³/mol. The third kappa shape index (κ3) is 3.29. The van der Waals surface area contributed by atoms with E-state index in [1.165, 1.54) is 17.0 Å². The minimum absolute atomic E-state index is 0.0343. The number of halogens is 2. The van der Waals surface area contributed by atoms with Gasteiger partial charge in [-0.1, -0.05) is 28.1 Å². The molecule has 0 N–H and O–H groups in total. The molecule has 1 amide bonds. The Bertz CT molecular complexity index is 1410. The fourth-order valence-electron chi connectivity index (χ4n) is 4.07. The van der Waals surface area contributed by atoms with Gasteiger partial charge < -0.3 is 9.15 Å². The number of rotatable bonds is 4. The van der Waals surface area contributed by atoms with Crippen LogP contribution in [0, 0.1) is 5.82 Å². The summed E-state index contributed by atoms with van der Waals surface area (Å²) in [6, 6.07) is 17.5. The van der Waals surface area contributed by atoms with Gasteiger partial charge in [0, 0.05) is 10.2 Å². The van der Waals surface area contributed by atoms with Crippen molar-refractivity contribution in [1.29, 1.82) is 0 Å². The molecule has 1 aliphatic heterocycles. The first-order chi connectivity index (χ1) is 15.5. The maximum absolute atomic E-state index is 13.9. The van der Waals surface area contributed by atoms with Gasteiger partial charge in [0.05, 0.1) is 23.6 Å². The SMILES string of the molecule is CCOc1ccc(N2C(=O)c3oc4ccc(F)cc4c(=O)c3C2c2cccc(Br)c2)cc1. The second kappa shape index (κ2) is 7.91. The first kappa shape index (κ1) is 20.5. The van der Waals surface area contributed by atoms with Crippen LogP contribution in [0.4, 0.5) is 10.1 Å². The van der Waals surface area contributed by atoms with Crippen LogP contribution in [0.15, 0.2) is 80.4 Å². The largest absolute Gasteiger partial charge is 0.494 e. The molecule has 0 bridgehead atoms. The molecule has 1 aliphatic rings. The molecule has 0 aliphatic carbocycles. The molecular weight excluding hydrogens is 477 g/mol. The quantitative estimate of drug-likeness (QED) is 0.358. The highest BCUT2D eigenvalue weighted by Gasteiger charge is 2.43. The summed E-state index contributed by atoms with van der Waals surface area (Å²) in [5, 5.41) is 0.102. The summed E-state index contributed by atoms with van der Waals surface area (Å²) in [6.07, 6.45) is 0. The molecule has 160 valence electrons. The third-order valence-corrected chi connectivity index (χ3v) is 5.92. The number of amides is 1. The van der Waals surface area contributed by atoms with E-state index in [-0.39, 0.29) is 22.3 Å². The molecular formula is C25H17BrFNO4. The average Bonchev–Trinajstić information content (AvgIpc) is 3.08. The molecule has 1 atom stereocenters. The maximum atomic E-state index is 13.9. The molecule has 0 saturated heterocycles. The number of fused-ring (bicyclic) bond motifs is 2. The van der Waals surface area contributed by atoms with Crippen molar-refractivity contribution in [2.24, 2.45) is 0 Å². The topological polar surface area (TPSA) is 59.8 Å². The number of anilines is 1. The lowest BCUT2D eigenvalue weighted by Crippen LogP contribution is -2.29. The van der Waals surface area contributed by atoms with Crippen LogP contribution in [0.25, 0.3) is 11.0 Å². The molecule has 0 fully saturated rings. The van der Waals surface area contributed by atoms with Crippen molar-refractivity contribution in [1.82, 2.24) is 0 Å². The van der Waals surface area contributed by atoms with Gasteiger partial charge in [-0.3, -0.25) is 14.5 Å². The summed E-state index contributed by atoms with van der Waals surface area (Å²) in [5.74, 6) is -0.336. The second-order valence-corrected chi connectivity index (χ2v) is 8.29. The Hall–Kier alpha value is -3.45. The Morgan fingerprint density at radius 1 is 1.06 bits per heavy atom. The molecule has 5 rings (SSSR count). The second-order valence-electron chi connectivity index (χ2n) is 7.37. The number of benzene rings is 3. The molecule has 2 heterocycles. The molecule has 7 heteroatoms. The number of nitrogens with zero attached hydrogens (tertiary/aromatic N) is 1. The van der Waals surface area contributed by atoms with Gasteiger partial charge in [-0.2, -0.15) is 0 Å². The molecule has 0 spiro atoms. The predicted octanol–water partition coefficient (Wildman–Crippen LogP) is 5.84. The van der Waals surface area contributed by atoms with Crippen molar-refractivity contribution in [3.63, 3.8) is 0 Å². The van der Waals surface area contributed by atoms with Crippen LogP contribution in [0.1, 0.15) is 34.6 Å². The van der Waals surface area contributed by atoms with E-state index >= 15 is 0 Å². The number of carbonyl (C=O) groups excluding carboxylic acids is 1. The van der Waals surface area contributed by atoms with E-state index in [9.17, 15) is 14.0 Å². The summed E-state index contributed by atoms with van der Waals surface area (Å²) in [6.45, 7) is 2.41. The van der Waals surface area contributed by atoms with Crippen LogP contribution in [0.3, 0.4) is 0 Å². The normalized spacial score (nSPS) is 15.3. The van der Waals surface area contributed by atoms with Crippen molar-refractivity contribution < 1.29 is 18.3 Å². The van der Waals surface area contributed by atoms with Crippen molar-refractivity contribution in [2.45, 2.75) is 13.0 Å². The number of ether oxygens (including phenoxy) is 1. The molecule has 3 aromatic carbocycles. The first-order valence-electron chi connectivity index (χ1n) is 10.1. The molecule has 0 radical (unpaired) electrons. The Morgan fingerprint density at radius 3 is 2.56 bits per heavy atom. The number of carbonyl (C=O) groups is 1. The summed E-state index contributed by atoms with van der Waals surface area (Å²) in [5.41, 5.74) is 1.26.